The molecule has 0 amide bonds. The Bertz CT molecular complexity index is 307. The summed E-state index contributed by atoms with van der Waals surface area (Å²) in [6.07, 6.45) is 24.0. The molecule has 0 aliphatic heterocycles. The fraction of sp³-hybridized carbons (Fsp3) is 0.960. The molecule has 0 aliphatic carbocycles. The number of unbranched alkanes of at least 4 members (excludes halogenated alkanes) is 15. The summed E-state index contributed by atoms with van der Waals surface area (Å²) in [5, 5.41) is 0. The highest BCUT2D eigenvalue weighted by Gasteiger charge is 2.03. The molecule has 0 aliphatic rings. The van der Waals surface area contributed by atoms with Gasteiger partial charge in [-0.05, 0) is 20.3 Å². The Balaban J connectivity index is 3.31. The topological polar surface area (TPSA) is 15.6 Å². The number of hydrogen-bond donors (Lipinski definition) is 0. The Morgan fingerprint density at radius 2 is 0.889 bits per heavy atom. The Kier molecular flexibility index (Phi) is 21.3. The molecule has 0 fully saturated rings. The van der Waals surface area contributed by atoms with Gasteiger partial charge >= 0.3 is 0 Å². The van der Waals surface area contributed by atoms with E-state index in [2.05, 4.69) is 32.6 Å². The van der Waals surface area contributed by atoms with Crippen molar-refractivity contribution in [2.45, 2.75) is 137 Å². The summed E-state index contributed by atoms with van der Waals surface area (Å²) >= 11 is 0. The van der Waals surface area contributed by atoms with E-state index in [0.717, 1.165) is 26.1 Å². The molecular formula is C25H52N2. The van der Waals surface area contributed by atoms with Crippen LogP contribution in [0, 0.1) is 0 Å². The Morgan fingerprint density at radius 1 is 0.519 bits per heavy atom. The van der Waals surface area contributed by atoms with Gasteiger partial charge in [0.05, 0.1) is 5.84 Å². The Hall–Kier alpha value is -0.530. The van der Waals surface area contributed by atoms with Gasteiger partial charge in [0.25, 0.3) is 0 Å². The molecule has 0 bridgehead atoms. The molecule has 0 unspecified atom stereocenters. The number of amidine groups is 1. The fourth-order valence-electron chi connectivity index (χ4n) is 3.89. The molecule has 0 aromatic carbocycles. The van der Waals surface area contributed by atoms with Crippen molar-refractivity contribution >= 4 is 5.84 Å². The average Bonchev–Trinajstić information content (AvgIpc) is 2.69. The van der Waals surface area contributed by atoms with Gasteiger partial charge in [-0.25, -0.2) is 0 Å². The van der Waals surface area contributed by atoms with Crippen molar-refractivity contribution in [2.24, 2.45) is 4.99 Å². The molecule has 0 aromatic heterocycles. The standard InChI is InChI=1S/C25H52N2/c1-5-9-10-11-12-13-14-15-16-17-18-19-20-21-22-23-24-26-25(6-2)27(7-3)8-4/h5-24H2,1-4H3. The first-order valence-corrected chi connectivity index (χ1v) is 12.6. The molecule has 0 saturated heterocycles. The van der Waals surface area contributed by atoms with Gasteiger partial charge < -0.3 is 4.90 Å². The summed E-state index contributed by atoms with van der Waals surface area (Å²) in [6.45, 7) is 12.2. The van der Waals surface area contributed by atoms with Crippen molar-refractivity contribution in [1.29, 1.82) is 0 Å². The molecule has 0 aromatic rings. The number of hydrogen-bond acceptors (Lipinski definition) is 1. The lowest BCUT2D eigenvalue weighted by atomic mass is 10.0. The first kappa shape index (κ1) is 26.5. The fourth-order valence-corrected chi connectivity index (χ4v) is 3.89. The Labute approximate surface area is 172 Å². The van der Waals surface area contributed by atoms with Crippen LogP contribution in [0.1, 0.15) is 137 Å². The minimum absolute atomic E-state index is 1.03. The van der Waals surface area contributed by atoms with E-state index in [1.54, 1.807) is 0 Å². The van der Waals surface area contributed by atoms with E-state index in [-0.39, 0.29) is 0 Å². The molecule has 0 radical (unpaired) electrons. The lowest BCUT2D eigenvalue weighted by Gasteiger charge is -2.22. The Morgan fingerprint density at radius 3 is 1.22 bits per heavy atom. The summed E-state index contributed by atoms with van der Waals surface area (Å²) in [7, 11) is 0. The van der Waals surface area contributed by atoms with Crippen molar-refractivity contribution in [1.82, 2.24) is 4.90 Å². The van der Waals surface area contributed by atoms with Crippen LogP contribution in [-0.2, 0) is 0 Å². The molecule has 2 nitrogen and oxygen atoms in total. The van der Waals surface area contributed by atoms with Crippen LogP contribution in [0.3, 0.4) is 0 Å². The van der Waals surface area contributed by atoms with E-state index >= 15 is 0 Å². The zero-order valence-electron chi connectivity index (χ0n) is 19.5. The molecule has 0 heterocycles. The smallest absolute Gasteiger partial charge is 0.0985 e. The summed E-state index contributed by atoms with van der Waals surface area (Å²) < 4.78 is 0. The van der Waals surface area contributed by atoms with Crippen molar-refractivity contribution in [2.75, 3.05) is 19.6 Å². The zero-order chi connectivity index (χ0) is 20.0. The first-order chi connectivity index (χ1) is 13.3. The molecule has 0 spiro atoms. The maximum atomic E-state index is 4.83. The number of rotatable bonds is 20. The van der Waals surface area contributed by atoms with E-state index in [4.69, 9.17) is 4.99 Å². The molecule has 162 valence electrons. The normalized spacial score (nSPS) is 11.9. The van der Waals surface area contributed by atoms with Gasteiger partial charge in [0.2, 0.25) is 0 Å². The van der Waals surface area contributed by atoms with Gasteiger partial charge in [0.15, 0.2) is 0 Å². The predicted octanol–water partition coefficient (Wildman–Crippen LogP) is 8.40. The highest BCUT2D eigenvalue weighted by Crippen LogP contribution is 2.13. The van der Waals surface area contributed by atoms with E-state index < -0.39 is 0 Å². The molecule has 2 heteroatoms. The van der Waals surface area contributed by atoms with E-state index in [0.29, 0.717) is 0 Å². The van der Waals surface area contributed by atoms with Gasteiger partial charge in [0.1, 0.15) is 0 Å². The van der Waals surface area contributed by atoms with Crippen molar-refractivity contribution in [3.63, 3.8) is 0 Å². The van der Waals surface area contributed by atoms with Crippen molar-refractivity contribution in [3.05, 3.63) is 0 Å². The van der Waals surface area contributed by atoms with Crippen LogP contribution in [0.5, 0.6) is 0 Å². The average molecular weight is 381 g/mol. The third-order valence-electron chi connectivity index (χ3n) is 5.75. The van der Waals surface area contributed by atoms with Gasteiger partial charge in [-0.2, -0.15) is 0 Å². The number of nitrogens with zero attached hydrogens (tertiary/aromatic N) is 2. The van der Waals surface area contributed by atoms with Crippen LogP contribution < -0.4 is 0 Å². The molecular weight excluding hydrogens is 328 g/mol. The first-order valence-electron chi connectivity index (χ1n) is 12.6. The second-order valence-electron chi connectivity index (χ2n) is 8.13. The summed E-state index contributed by atoms with van der Waals surface area (Å²) in [5.41, 5.74) is 0. The third-order valence-corrected chi connectivity index (χ3v) is 5.75. The minimum Gasteiger partial charge on any atom is -0.361 e. The minimum atomic E-state index is 1.03. The molecule has 0 N–H and O–H groups in total. The maximum absolute atomic E-state index is 4.83. The van der Waals surface area contributed by atoms with Crippen LogP contribution >= 0.6 is 0 Å². The van der Waals surface area contributed by atoms with Crippen LogP contribution in [0.4, 0.5) is 0 Å². The largest absolute Gasteiger partial charge is 0.361 e. The van der Waals surface area contributed by atoms with E-state index in [1.807, 2.05) is 0 Å². The molecule has 0 atom stereocenters. The van der Waals surface area contributed by atoms with Crippen LogP contribution in [-0.4, -0.2) is 30.4 Å². The van der Waals surface area contributed by atoms with Gasteiger partial charge in [-0.1, -0.05) is 110 Å². The van der Waals surface area contributed by atoms with Gasteiger partial charge in [-0.15, -0.1) is 0 Å². The van der Waals surface area contributed by atoms with Gasteiger partial charge in [-0.3, -0.25) is 4.99 Å². The lowest BCUT2D eigenvalue weighted by molar-refractivity contribution is 0.454. The lowest BCUT2D eigenvalue weighted by Crippen LogP contribution is -2.30. The van der Waals surface area contributed by atoms with Crippen LogP contribution in [0.15, 0.2) is 4.99 Å². The SMILES string of the molecule is CCCCCCCCCCCCCCCCCCN=C(CC)N(CC)CC. The highest BCUT2D eigenvalue weighted by molar-refractivity contribution is 5.81. The zero-order valence-corrected chi connectivity index (χ0v) is 19.5. The highest BCUT2D eigenvalue weighted by atomic mass is 15.2. The number of aliphatic imine (C=N–C) groups is 1. The van der Waals surface area contributed by atoms with Crippen molar-refractivity contribution < 1.29 is 0 Å². The molecule has 0 rings (SSSR count). The monoisotopic (exact) mass is 380 g/mol. The summed E-state index contributed by atoms with van der Waals surface area (Å²) in [5.74, 6) is 1.31. The van der Waals surface area contributed by atoms with E-state index in [9.17, 15) is 0 Å². The maximum Gasteiger partial charge on any atom is 0.0985 e. The summed E-state index contributed by atoms with van der Waals surface area (Å²) in [6, 6.07) is 0. The third kappa shape index (κ3) is 17.3. The van der Waals surface area contributed by atoms with Crippen LogP contribution in [0.25, 0.3) is 0 Å². The second kappa shape index (κ2) is 21.8. The van der Waals surface area contributed by atoms with Crippen LogP contribution in [0.2, 0.25) is 0 Å². The summed E-state index contributed by atoms with van der Waals surface area (Å²) in [4.78, 5) is 7.23. The van der Waals surface area contributed by atoms with Crippen molar-refractivity contribution in [3.8, 4) is 0 Å². The van der Waals surface area contributed by atoms with E-state index in [1.165, 1.54) is 109 Å². The second-order valence-corrected chi connectivity index (χ2v) is 8.13. The predicted molar refractivity (Wildman–Crippen MR) is 125 cm³/mol. The quantitative estimate of drug-likeness (QED) is 0.118. The molecule has 27 heavy (non-hydrogen) atoms. The molecule has 0 saturated carbocycles. The van der Waals surface area contributed by atoms with Gasteiger partial charge in [0, 0.05) is 26.1 Å².